The van der Waals surface area contributed by atoms with Crippen molar-refractivity contribution in [1.82, 2.24) is 5.32 Å². The molecule has 0 saturated heterocycles. The molecule has 1 aromatic rings. The van der Waals surface area contributed by atoms with Gasteiger partial charge in [-0.2, -0.15) is 0 Å². The summed E-state index contributed by atoms with van der Waals surface area (Å²) in [6.07, 6.45) is 1.01. The van der Waals surface area contributed by atoms with E-state index in [0.717, 1.165) is 24.2 Å². The maximum absolute atomic E-state index is 12.0. The molecule has 0 fully saturated rings. The van der Waals surface area contributed by atoms with Crippen LogP contribution in [0.1, 0.15) is 36.7 Å². The summed E-state index contributed by atoms with van der Waals surface area (Å²) in [5.41, 5.74) is 3.29. The lowest BCUT2D eigenvalue weighted by atomic mass is 9.97. The van der Waals surface area contributed by atoms with Crippen LogP contribution >= 0.6 is 12.4 Å². The predicted octanol–water partition coefficient (Wildman–Crippen LogP) is 2.85. The van der Waals surface area contributed by atoms with Crippen LogP contribution in [0.3, 0.4) is 0 Å². The molecule has 0 radical (unpaired) electrons. The minimum absolute atomic E-state index is 0. The molecule has 1 aliphatic heterocycles. The smallest absolute Gasteiger partial charge is 0.251 e. The Morgan fingerprint density at radius 3 is 2.78 bits per heavy atom. The van der Waals surface area contributed by atoms with E-state index in [0.29, 0.717) is 6.54 Å². The first-order chi connectivity index (χ1) is 7.96. The van der Waals surface area contributed by atoms with Crippen LogP contribution in [0.15, 0.2) is 18.2 Å². The lowest BCUT2D eigenvalue weighted by Gasteiger charge is -2.18. The van der Waals surface area contributed by atoms with Crippen molar-refractivity contribution in [2.75, 3.05) is 18.4 Å². The highest BCUT2D eigenvalue weighted by Gasteiger charge is 2.15. The highest BCUT2D eigenvalue weighted by Crippen LogP contribution is 2.23. The molecule has 0 aromatic heterocycles. The molecule has 1 aromatic carbocycles. The van der Waals surface area contributed by atoms with Crippen LogP contribution in [0.5, 0.6) is 0 Å². The van der Waals surface area contributed by atoms with Gasteiger partial charge in [-0.25, -0.2) is 0 Å². The largest absolute Gasteiger partial charge is 0.384 e. The van der Waals surface area contributed by atoms with Crippen molar-refractivity contribution in [3.8, 4) is 0 Å². The van der Waals surface area contributed by atoms with E-state index in [4.69, 9.17) is 0 Å². The number of carbonyl (C=O) groups excluding carboxylic acids is 1. The van der Waals surface area contributed by atoms with Crippen LogP contribution in [0, 0.1) is 5.41 Å². The number of nitrogens with one attached hydrogen (secondary N) is 2. The predicted molar refractivity (Wildman–Crippen MR) is 77.7 cm³/mol. The number of amides is 1. The van der Waals surface area contributed by atoms with Crippen molar-refractivity contribution in [2.24, 2.45) is 5.41 Å². The molecule has 4 heteroatoms. The fraction of sp³-hybridized carbons (Fsp3) is 0.500. The van der Waals surface area contributed by atoms with Gasteiger partial charge in [0.2, 0.25) is 0 Å². The molecule has 1 heterocycles. The molecular formula is C14H21ClN2O. The summed E-state index contributed by atoms with van der Waals surface area (Å²) in [6, 6.07) is 5.87. The normalized spacial score (nSPS) is 13.3. The van der Waals surface area contributed by atoms with Gasteiger partial charge >= 0.3 is 0 Å². The second kappa shape index (κ2) is 5.61. The summed E-state index contributed by atoms with van der Waals surface area (Å²) in [5, 5.41) is 6.26. The van der Waals surface area contributed by atoms with E-state index in [-0.39, 0.29) is 23.7 Å². The number of benzene rings is 1. The van der Waals surface area contributed by atoms with Crippen LogP contribution in [-0.4, -0.2) is 19.0 Å². The zero-order valence-corrected chi connectivity index (χ0v) is 12.0. The van der Waals surface area contributed by atoms with Crippen molar-refractivity contribution >= 4 is 24.0 Å². The highest BCUT2D eigenvalue weighted by atomic mass is 35.5. The maximum Gasteiger partial charge on any atom is 0.251 e. The molecule has 0 saturated carbocycles. The number of carbonyl (C=O) groups is 1. The average molecular weight is 269 g/mol. The first-order valence-corrected chi connectivity index (χ1v) is 6.11. The molecule has 1 amide bonds. The fourth-order valence-electron chi connectivity index (χ4n) is 1.89. The molecule has 18 heavy (non-hydrogen) atoms. The van der Waals surface area contributed by atoms with Crippen LogP contribution in [0.4, 0.5) is 5.69 Å². The van der Waals surface area contributed by atoms with Gasteiger partial charge < -0.3 is 10.6 Å². The lowest BCUT2D eigenvalue weighted by molar-refractivity contribution is 0.0939. The van der Waals surface area contributed by atoms with Crippen molar-refractivity contribution in [2.45, 2.75) is 27.2 Å². The zero-order valence-electron chi connectivity index (χ0n) is 11.2. The Kier molecular flexibility index (Phi) is 4.63. The van der Waals surface area contributed by atoms with Crippen molar-refractivity contribution in [3.05, 3.63) is 29.3 Å². The van der Waals surface area contributed by atoms with Gasteiger partial charge in [0.25, 0.3) is 5.91 Å². The second-order valence-electron chi connectivity index (χ2n) is 5.79. The SMILES string of the molecule is CC(C)(C)CNC(=O)c1ccc2c(c1)CCN2.Cl. The molecule has 2 N–H and O–H groups in total. The number of hydrogen-bond acceptors (Lipinski definition) is 2. The number of rotatable bonds is 2. The summed E-state index contributed by atoms with van der Waals surface area (Å²) in [7, 11) is 0. The Bertz CT molecular complexity index is 438. The Morgan fingerprint density at radius 1 is 1.39 bits per heavy atom. The van der Waals surface area contributed by atoms with E-state index in [1.807, 2.05) is 18.2 Å². The van der Waals surface area contributed by atoms with Gasteiger partial charge in [-0.1, -0.05) is 20.8 Å². The van der Waals surface area contributed by atoms with Crippen LogP contribution in [-0.2, 0) is 6.42 Å². The van der Waals surface area contributed by atoms with Gasteiger partial charge in [0.15, 0.2) is 0 Å². The monoisotopic (exact) mass is 268 g/mol. The van der Waals surface area contributed by atoms with Gasteiger partial charge in [0.1, 0.15) is 0 Å². The van der Waals surface area contributed by atoms with Gasteiger partial charge in [0, 0.05) is 24.3 Å². The van der Waals surface area contributed by atoms with Crippen LogP contribution in [0.25, 0.3) is 0 Å². The van der Waals surface area contributed by atoms with Gasteiger partial charge in [-0.05, 0) is 35.6 Å². The molecule has 100 valence electrons. The maximum atomic E-state index is 12.0. The minimum Gasteiger partial charge on any atom is -0.384 e. The standard InChI is InChI=1S/C14H20N2O.ClH/c1-14(2,3)9-16-13(17)11-4-5-12-10(8-11)6-7-15-12;/h4-5,8,15H,6-7,9H2,1-3H3,(H,16,17);1H. The number of anilines is 1. The molecular weight excluding hydrogens is 248 g/mol. The van der Waals surface area contributed by atoms with E-state index >= 15 is 0 Å². The van der Waals surface area contributed by atoms with E-state index in [2.05, 4.69) is 31.4 Å². The van der Waals surface area contributed by atoms with Crippen LogP contribution in [0.2, 0.25) is 0 Å². The molecule has 1 aliphatic rings. The lowest BCUT2D eigenvalue weighted by Crippen LogP contribution is -2.32. The summed E-state index contributed by atoms with van der Waals surface area (Å²) >= 11 is 0. The molecule has 0 aliphatic carbocycles. The summed E-state index contributed by atoms with van der Waals surface area (Å²) in [6.45, 7) is 8.00. The van der Waals surface area contributed by atoms with E-state index in [1.54, 1.807) is 0 Å². The molecule has 0 spiro atoms. The van der Waals surface area contributed by atoms with Crippen molar-refractivity contribution in [3.63, 3.8) is 0 Å². The summed E-state index contributed by atoms with van der Waals surface area (Å²) in [5.74, 6) is 0.0228. The first kappa shape index (κ1) is 14.8. The Hall–Kier alpha value is -1.22. The Labute approximate surface area is 115 Å². The van der Waals surface area contributed by atoms with Gasteiger partial charge in [-0.3, -0.25) is 4.79 Å². The molecule has 0 unspecified atom stereocenters. The van der Waals surface area contributed by atoms with Crippen LogP contribution < -0.4 is 10.6 Å². The third kappa shape index (κ3) is 3.64. The molecule has 3 nitrogen and oxygen atoms in total. The van der Waals surface area contributed by atoms with Gasteiger partial charge in [0.05, 0.1) is 0 Å². The molecule has 0 atom stereocenters. The summed E-state index contributed by atoms with van der Waals surface area (Å²) in [4.78, 5) is 12.0. The van der Waals surface area contributed by atoms with E-state index < -0.39 is 0 Å². The average Bonchev–Trinajstić information content (AvgIpc) is 2.71. The van der Waals surface area contributed by atoms with Gasteiger partial charge in [-0.15, -0.1) is 12.4 Å². The van der Waals surface area contributed by atoms with Crippen molar-refractivity contribution in [1.29, 1.82) is 0 Å². The quantitative estimate of drug-likeness (QED) is 0.866. The third-order valence-corrected chi connectivity index (χ3v) is 2.86. The minimum atomic E-state index is 0. The molecule has 0 bridgehead atoms. The first-order valence-electron chi connectivity index (χ1n) is 6.11. The Morgan fingerprint density at radius 2 is 2.11 bits per heavy atom. The number of halogens is 1. The summed E-state index contributed by atoms with van der Waals surface area (Å²) < 4.78 is 0. The van der Waals surface area contributed by atoms with Crippen molar-refractivity contribution < 1.29 is 4.79 Å². The molecule has 2 rings (SSSR count). The number of hydrogen-bond donors (Lipinski definition) is 2. The topological polar surface area (TPSA) is 41.1 Å². The van der Waals surface area contributed by atoms with E-state index in [9.17, 15) is 4.79 Å². The number of fused-ring (bicyclic) bond motifs is 1. The fourth-order valence-corrected chi connectivity index (χ4v) is 1.89. The van der Waals surface area contributed by atoms with E-state index in [1.165, 1.54) is 5.56 Å². The zero-order chi connectivity index (χ0) is 12.5. The Balaban J connectivity index is 0.00000162. The third-order valence-electron chi connectivity index (χ3n) is 2.86. The highest BCUT2D eigenvalue weighted by molar-refractivity contribution is 5.95. The second-order valence-corrected chi connectivity index (χ2v) is 5.79.